The summed E-state index contributed by atoms with van der Waals surface area (Å²) in [6.45, 7) is 7.42. The molecule has 1 amide bonds. The number of H-pyrrole nitrogens is 1. The number of amides is 1. The number of carbonyl (C=O) groups excluding carboxylic acids is 3. The van der Waals surface area contributed by atoms with E-state index < -0.39 is 29.5 Å². The summed E-state index contributed by atoms with van der Waals surface area (Å²) in [7, 11) is 1.21. The number of thiophene rings is 1. The van der Waals surface area contributed by atoms with Crippen LogP contribution in [0.25, 0.3) is 10.2 Å². The largest absolute Gasteiger partial charge is 0.465 e. The highest BCUT2D eigenvalue weighted by molar-refractivity contribution is 7.20. The standard InChI is InChI=1S/C18H23N3O6S/c1-8(2)7-19-15(23)9(3)27-12(22)6-11-13-16(24)20-10(4)21-17(13)28-14(11)18(25)26-5/h8-9H,6-7H2,1-5H3,(H,19,23)(H,20,21,24)/t9-/m0/s1. The van der Waals surface area contributed by atoms with Crippen LogP contribution >= 0.6 is 11.3 Å². The highest BCUT2D eigenvalue weighted by Gasteiger charge is 2.26. The maximum Gasteiger partial charge on any atom is 0.348 e. The predicted octanol–water partition coefficient (Wildman–Crippen LogP) is 1.33. The van der Waals surface area contributed by atoms with Crippen molar-refractivity contribution in [1.29, 1.82) is 0 Å². The Balaban J connectivity index is 2.27. The van der Waals surface area contributed by atoms with Gasteiger partial charge in [0.05, 0.1) is 18.9 Å². The van der Waals surface area contributed by atoms with Gasteiger partial charge in [-0.15, -0.1) is 11.3 Å². The minimum atomic E-state index is -1.00. The Morgan fingerprint density at radius 3 is 2.54 bits per heavy atom. The lowest BCUT2D eigenvalue weighted by atomic mass is 10.1. The lowest BCUT2D eigenvalue weighted by Gasteiger charge is -2.14. The van der Waals surface area contributed by atoms with Gasteiger partial charge in [-0.1, -0.05) is 13.8 Å². The predicted molar refractivity (Wildman–Crippen MR) is 103 cm³/mol. The minimum Gasteiger partial charge on any atom is -0.465 e. The van der Waals surface area contributed by atoms with Gasteiger partial charge in [0.1, 0.15) is 15.5 Å². The number of methoxy groups -OCH3 is 1. The molecule has 2 N–H and O–H groups in total. The van der Waals surface area contributed by atoms with Gasteiger partial charge in [0.15, 0.2) is 6.10 Å². The molecule has 152 valence electrons. The zero-order chi connectivity index (χ0) is 21.0. The van der Waals surface area contributed by atoms with Crippen LogP contribution in [0, 0.1) is 12.8 Å². The van der Waals surface area contributed by atoms with E-state index in [4.69, 9.17) is 9.47 Å². The monoisotopic (exact) mass is 409 g/mol. The molecule has 0 spiro atoms. The van der Waals surface area contributed by atoms with Crippen molar-refractivity contribution in [3.05, 3.63) is 26.6 Å². The summed E-state index contributed by atoms with van der Waals surface area (Å²) in [6.07, 6.45) is -1.36. The fraction of sp³-hybridized carbons (Fsp3) is 0.500. The molecule has 0 radical (unpaired) electrons. The first-order valence-corrected chi connectivity index (χ1v) is 9.53. The molecule has 0 fully saturated rings. The van der Waals surface area contributed by atoms with Crippen molar-refractivity contribution in [3.63, 3.8) is 0 Å². The Kier molecular flexibility index (Phi) is 6.90. The molecule has 9 nitrogen and oxygen atoms in total. The summed E-state index contributed by atoms with van der Waals surface area (Å²) < 4.78 is 9.91. The van der Waals surface area contributed by atoms with Gasteiger partial charge in [0, 0.05) is 12.1 Å². The van der Waals surface area contributed by atoms with Crippen LogP contribution in [-0.2, 0) is 25.5 Å². The van der Waals surface area contributed by atoms with Crippen LogP contribution in [0.15, 0.2) is 4.79 Å². The lowest BCUT2D eigenvalue weighted by molar-refractivity contribution is -0.154. The molecule has 0 aliphatic carbocycles. The van der Waals surface area contributed by atoms with Gasteiger partial charge in [0.25, 0.3) is 11.5 Å². The second kappa shape index (κ2) is 8.96. The Hall–Kier alpha value is -2.75. The van der Waals surface area contributed by atoms with Gasteiger partial charge in [-0.05, 0) is 19.8 Å². The molecule has 0 aliphatic rings. The second-order valence-electron chi connectivity index (χ2n) is 6.68. The average Bonchev–Trinajstić information content (AvgIpc) is 2.96. The van der Waals surface area contributed by atoms with Crippen molar-refractivity contribution in [2.75, 3.05) is 13.7 Å². The van der Waals surface area contributed by atoms with Crippen LogP contribution in [0.4, 0.5) is 0 Å². The van der Waals surface area contributed by atoms with E-state index in [0.717, 1.165) is 11.3 Å². The van der Waals surface area contributed by atoms with Gasteiger partial charge in [-0.2, -0.15) is 0 Å². The SMILES string of the molecule is COC(=O)c1sc2nc(C)[nH]c(=O)c2c1CC(=O)O[C@@H](C)C(=O)NCC(C)C. The molecule has 0 aromatic carbocycles. The normalized spacial score (nSPS) is 12.1. The summed E-state index contributed by atoms with van der Waals surface area (Å²) in [6, 6.07) is 0. The number of esters is 2. The third-order valence-corrected chi connectivity index (χ3v) is 4.94. The molecule has 1 atom stereocenters. The third-order valence-electron chi connectivity index (χ3n) is 3.83. The fourth-order valence-corrected chi connectivity index (χ4v) is 3.64. The number of nitrogens with zero attached hydrogens (tertiary/aromatic N) is 1. The summed E-state index contributed by atoms with van der Waals surface area (Å²) in [4.78, 5) is 56.0. The first-order chi connectivity index (χ1) is 13.1. The van der Waals surface area contributed by atoms with Crippen LogP contribution in [-0.4, -0.2) is 47.6 Å². The van der Waals surface area contributed by atoms with Crippen molar-refractivity contribution in [3.8, 4) is 0 Å². The molecular weight excluding hydrogens is 386 g/mol. The number of hydrogen-bond acceptors (Lipinski definition) is 8. The molecule has 2 heterocycles. The molecule has 0 unspecified atom stereocenters. The summed E-state index contributed by atoms with van der Waals surface area (Å²) in [5.41, 5.74) is -0.278. The quantitative estimate of drug-likeness (QED) is 0.660. The van der Waals surface area contributed by atoms with Gasteiger partial charge in [0.2, 0.25) is 0 Å². The first-order valence-electron chi connectivity index (χ1n) is 8.71. The van der Waals surface area contributed by atoms with Crippen LogP contribution in [0.3, 0.4) is 0 Å². The highest BCUT2D eigenvalue weighted by atomic mass is 32.1. The number of nitrogens with one attached hydrogen (secondary N) is 2. The van der Waals surface area contributed by atoms with Crippen LogP contribution in [0.5, 0.6) is 0 Å². The zero-order valence-electron chi connectivity index (χ0n) is 16.4. The summed E-state index contributed by atoms with van der Waals surface area (Å²) >= 11 is 0.971. The molecule has 2 aromatic heterocycles. The van der Waals surface area contributed by atoms with Crippen molar-refractivity contribution in [2.45, 2.75) is 40.2 Å². The van der Waals surface area contributed by atoms with Crippen LogP contribution in [0.2, 0.25) is 0 Å². The number of aromatic amines is 1. The van der Waals surface area contributed by atoms with Crippen LogP contribution < -0.4 is 10.9 Å². The average molecular weight is 409 g/mol. The van der Waals surface area contributed by atoms with Gasteiger partial charge >= 0.3 is 11.9 Å². The minimum absolute atomic E-state index is 0.106. The molecule has 10 heteroatoms. The number of ether oxygens (including phenoxy) is 2. The van der Waals surface area contributed by atoms with Crippen molar-refractivity contribution >= 4 is 39.4 Å². The Morgan fingerprint density at radius 2 is 1.93 bits per heavy atom. The van der Waals surface area contributed by atoms with E-state index in [1.165, 1.54) is 14.0 Å². The lowest BCUT2D eigenvalue weighted by Crippen LogP contribution is -2.37. The smallest absolute Gasteiger partial charge is 0.348 e. The number of aromatic nitrogens is 2. The Bertz CT molecular complexity index is 962. The van der Waals surface area contributed by atoms with Crippen LogP contribution in [0.1, 0.15) is 41.8 Å². The third kappa shape index (κ3) is 4.94. The number of hydrogen-bond donors (Lipinski definition) is 2. The van der Waals surface area contributed by atoms with Gasteiger partial charge in [-0.3, -0.25) is 14.4 Å². The topological polar surface area (TPSA) is 127 Å². The highest BCUT2D eigenvalue weighted by Crippen LogP contribution is 2.29. The van der Waals surface area contributed by atoms with E-state index in [1.54, 1.807) is 6.92 Å². The summed E-state index contributed by atoms with van der Waals surface area (Å²) in [5.74, 6) is -1.18. The number of carbonyl (C=O) groups is 3. The second-order valence-corrected chi connectivity index (χ2v) is 7.68. The van der Waals surface area contributed by atoms with E-state index in [9.17, 15) is 19.2 Å². The summed E-state index contributed by atoms with van der Waals surface area (Å²) in [5, 5.41) is 2.82. The Labute approximate surface area is 165 Å². The van der Waals surface area contributed by atoms with E-state index >= 15 is 0 Å². The van der Waals surface area contributed by atoms with Crippen molar-refractivity contribution in [1.82, 2.24) is 15.3 Å². The maximum atomic E-state index is 12.4. The molecule has 0 bridgehead atoms. The van der Waals surface area contributed by atoms with E-state index in [1.807, 2.05) is 13.8 Å². The first kappa shape index (κ1) is 21.5. The molecule has 0 saturated heterocycles. The molecule has 28 heavy (non-hydrogen) atoms. The van der Waals surface area contributed by atoms with Gasteiger partial charge in [-0.25, -0.2) is 9.78 Å². The van der Waals surface area contributed by atoms with E-state index in [2.05, 4.69) is 15.3 Å². The number of fused-ring (bicyclic) bond motifs is 1. The molecule has 2 rings (SSSR count). The molecule has 2 aromatic rings. The molecule has 0 saturated carbocycles. The Morgan fingerprint density at radius 1 is 1.25 bits per heavy atom. The maximum absolute atomic E-state index is 12.4. The van der Waals surface area contributed by atoms with E-state index in [0.29, 0.717) is 17.2 Å². The molecule has 0 aliphatic heterocycles. The number of rotatable bonds is 7. The van der Waals surface area contributed by atoms with Crippen molar-refractivity contribution in [2.24, 2.45) is 5.92 Å². The number of aryl methyl sites for hydroxylation is 1. The fourth-order valence-electron chi connectivity index (χ4n) is 2.48. The molecular formula is C18H23N3O6S. The van der Waals surface area contributed by atoms with E-state index in [-0.39, 0.29) is 28.2 Å². The zero-order valence-corrected chi connectivity index (χ0v) is 17.2. The van der Waals surface area contributed by atoms with Gasteiger partial charge < -0.3 is 19.8 Å². The van der Waals surface area contributed by atoms with Crippen molar-refractivity contribution < 1.29 is 23.9 Å².